The summed E-state index contributed by atoms with van der Waals surface area (Å²) in [7, 11) is 4.02. The van der Waals surface area contributed by atoms with Gasteiger partial charge in [-0.3, -0.25) is 4.79 Å². The molecule has 1 aliphatic rings. The normalized spacial score (nSPS) is 13.9. The minimum absolute atomic E-state index is 0.0916. The van der Waals surface area contributed by atoms with E-state index in [-0.39, 0.29) is 5.92 Å². The molecule has 3 rings (SSSR count). The van der Waals surface area contributed by atoms with E-state index >= 15 is 0 Å². The molecule has 0 amide bonds. The second-order valence-electron chi connectivity index (χ2n) is 6.03. The van der Waals surface area contributed by atoms with Crippen LogP contribution in [-0.4, -0.2) is 31.3 Å². The van der Waals surface area contributed by atoms with E-state index in [0.29, 0.717) is 12.2 Å². The zero-order chi connectivity index (χ0) is 14.8. The standard InChI is InChI=1S/C19H21NO/c1-20(2)12-11-18(21)19-16-9-5-3-7-14(16)13-15-8-4-6-10-17(15)19/h3-10,19H,11-13H2,1-2H3. The summed E-state index contributed by atoms with van der Waals surface area (Å²) in [6.07, 6.45) is 1.53. The maximum Gasteiger partial charge on any atom is 0.146 e. The van der Waals surface area contributed by atoms with Crippen molar-refractivity contribution in [2.45, 2.75) is 18.8 Å². The second-order valence-corrected chi connectivity index (χ2v) is 6.03. The van der Waals surface area contributed by atoms with Crippen molar-refractivity contribution in [1.29, 1.82) is 0 Å². The highest BCUT2D eigenvalue weighted by Gasteiger charge is 2.29. The lowest BCUT2D eigenvalue weighted by Gasteiger charge is -2.28. The van der Waals surface area contributed by atoms with Gasteiger partial charge in [-0.2, -0.15) is 0 Å². The number of hydrogen-bond acceptors (Lipinski definition) is 2. The van der Waals surface area contributed by atoms with Gasteiger partial charge in [-0.15, -0.1) is 0 Å². The number of fused-ring (bicyclic) bond motifs is 2. The van der Waals surface area contributed by atoms with Gasteiger partial charge in [0.2, 0.25) is 0 Å². The first-order valence-corrected chi connectivity index (χ1v) is 7.50. The van der Waals surface area contributed by atoms with Crippen LogP contribution in [0.3, 0.4) is 0 Å². The van der Waals surface area contributed by atoms with Crippen molar-refractivity contribution in [3.8, 4) is 0 Å². The molecule has 0 bridgehead atoms. The molecule has 0 heterocycles. The van der Waals surface area contributed by atoms with Crippen LogP contribution in [0.4, 0.5) is 0 Å². The van der Waals surface area contributed by atoms with Crippen molar-refractivity contribution in [1.82, 2.24) is 4.90 Å². The fourth-order valence-electron chi connectivity index (χ4n) is 3.15. The highest BCUT2D eigenvalue weighted by molar-refractivity contribution is 5.90. The van der Waals surface area contributed by atoms with E-state index in [4.69, 9.17) is 0 Å². The van der Waals surface area contributed by atoms with Gasteiger partial charge in [-0.1, -0.05) is 48.5 Å². The summed E-state index contributed by atoms with van der Waals surface area (Å²) >= 11 is 0. The molecule has 21 heavy (non-hydrogen) atoms. The van der Waals surface area contributed by atoms with E-state index in [9.17, 15) is 4.79 Å². The van der Waals surface area contributed by atoms with E-state index in [1.807, 2.05) is 26.2 Å². The molecule has 108 valence electrons. The van der Waals surface area contributed by atoms with Crippen molar-refractivity contribution in [2.75, 3.05) is 20.6 Å². The molecule has 2 aromatic rings. The van der Waals surface area contributed by atoms with Gasteiger partial charge in [0.05, 0.1) is 5.92 Å². The van der Waals surface area contributed by atoms with Gasteiger partial charge >= 0.3 is 0 Å². The predicted molar refractivity (Wildman–Crippen MR) is 85.7 cm³/mol. The third kappa shape index (κ3) is 2.77. The summed E-state index contributed by atoms with van der Waals surface area (Å²) in [5, 5.41) is 0. The number of ketones is 1. The maximum absolute atomic E-state index is 12.8. The summed E-state index contributed by atoms with van der Waals surface area (Å²) in [5.41, 5.74) is 4.97. The fraction of sp³-hybridized carbons (Fsp3) is 0.316. The molecule has 0 saturated heterocycles. The first-order valence-electron chi connectivity index (χ1n) is 7.50. The molecule has 0 saturated carbocycles. The van der Waals surface area contributed by atoms with Crippen molar-refractivity contribution in [3.63, 3.8) is 0 Å². The van der Waals surface area contributed by atoms with Crippen LogP contribution in [0.5, 0.6) is 0 Å². The predicted octanol–water partition coefficient (Wildman–Crippen LogP) is 3.24. The Bertz CT molecular complexity index is 615. The lowest BCUT2D eigenvalue weighted by Crippen LogP contribution is -2.24. The molecule has 1 aliphatic carbocycles. The van der Waals surface area contributed by atoms with E-state index in [2.05, 4.69) is 41.3 Å². The van der Waals surface area contributed by atoms with Gasteiger partial charge in [-0.05, 0) is 42.8 Å². The van der Waals surface area contributed by atoms with Crippen LogP contribution in [0.1, 0.15) is 34.6 Å². The molecule has 2 aromatic carbocycles. The van der Waals surface area contributed by atoms with Gasteiger partial charge in [0.15, 0.2) is 0 Å². The Balaban J connectivity index is 2.00. The average molecular weight is 279 g/mol. The molecule has 0 spiro atoms. The van der Waals surface area contributed by atoms with Gasteiger partial charge < -0.3 is 4.90 Å². The highest BCUT2D eigenvalue weighted by Crippen LogP contribution is 2.37. The first-order chi connectivity index (χ1) is 10.2. The number of carbonyl (C=O) groups excluding carboxylic acids is 1. The summed E-state index contributed by atoms with van der Waals surface area (Å²) in [4.78, 5) is 14.9. The average Bonchev–Trinajstić information content (AvgIpc) is 2.50. The third-order valence-corrected chi connectivity index (χ3v) is 4.24. The van der Waals surface area contributed by atoms with E-state index < -0.39 is 0 Å². The molecule has 0 radical (unpaired) electrons. The van der Waals surface area contributed by atoms with Gasteiger partial charge in [0.25, 0.3) is 0 Å². The van der Waals surface area contributed by atoms with Crippen molar-refractivity contribution < 1.29 is 4.79 Å². The second kappa shape index (κ2) is 5.82. The molecule has 0 fully saturated rings. The topological polar surface area (TPSA) is 20.3 Å². The largest absolute Gasteiger partial charge is 0.309 e. The molecule has 0 atom stereocenters. The van der Waals surface area contributed by atoms with Crippen molar-refractivity contribution in [2.24, 2.45) is 0 Å². The van der Waals surface area contributed by atoms with E-state index in [1.165, 1.54) is 22.3 Å². The van der Waals surface area contributed by atoms with Crippen LogP contribution < -0.4 is 0 Å². The molecule has 0 unspecified atom stereocenters. The summed E-state index contributed by atoms with van der Waals surface area (Å²) in [5.74, 6) is 0.231. The molecule has 0 aliphatic heterocycles. The van der Waals surface area contributed by atoms with Crippen LogP contribution >= 0.6 is 0 Å². The quantitative estimate of drug-likeness (QED) is 0.856. The SMILES string of the molecule is CN(C)CCC(=O)C1c2ccccc2Cc2ccccc21. The Kier molecular flexibility index (Phi) is 3.89. The third-order valence-electron chi connectivity index (χ3n) is 4.24. The Morgan fingerprint density at radius 3 is 2.05 bits per heavy atom. The molecule has 2 heteroatoms. The Morgan fingerprint density at radius 1 is 1.00 bits per heavy atom. The Labute approximate surface area is 126 Å². The van der Waals surface area contributed by atoms with Gasteiger partial charge in [-0.25, -0.2) is 0 Å². The van der Waals surface area contributed by atoms with Gasteiger partial charge in [0, 0.05) is 13.0 Å². The number of rotatable bonds is 4. The lowest BCUT2D eigenvalue weighted by atomic mass is 9.75. The lowest BCUT2D eigenvalue weighted by molar-refractivity contribution is -0.119. The molecular weight excluding hydrogens is 258 g/mol. The number of Topliss-reactive ketones (excluding diaryl/α,β-unsaturated/α-hetero) is 1. The summed E-state index contributed by atoms with van der Waals surface area (Å²) in [6.45, 7) is 0.805. The summed E-state index contributed by atoms with van der Waals surface area (Å²) < 4.78 is 0. The molecule has 2 nitrogen and oxygen atoms in total. The van der Waals surface area contributed by atoms with Gasteiger partial charge in [0.1, 0.15) is 5.78 Å². The van der Waals surface area contributed by atoms with Crippen LogP contribution in [0.15, 0.2) is 48.5 Å². The monoisotopic (exact) mass is 279 g/mol. The number of hydrogen-bond donors (Lipinski definition) is 0. The molecular formula is C19H21NO. The van der Waals surface area contributed by atoms with Crippen molar-refractivity contribution >= 4 is 5.78 Å². The smallest absolute Gasteiger partial charge is 0.146 e. The minimum atomic E-state index is -0.0916. The Hall–Kier alpha value is -1.93. The van der Waals surface area contributed by atoms with Crippen LogP contribution in [0.2, 0.25) is 0 Å². The highest BCUT2D eigenvalue weighted by atomic mass is 16.1. The minimum Gasteiger partial charge on any atom is -0.309 e. The van der Waals surface area contributed by atoms with Crippen LogP contribution in [-0.2, 0) is 11.2 Å². The first kappa shape index (κ1) is 14.0. The number of benzene rings is 2. The summed E-state index contributed by atoms with van der Waals surface area (Å²) in [6, 6.07) is 16.7. The Morgan fingerprint density at radius 2 is 1.52 bits per heavy atom. The van der Waals surface area contributed by atoms with Crippen LogP contribution in [0, 0.1) is 0 Å². The molecule has 0 N–H and O–H groups in total. The van der Waals surface area contributed by atoms with E-state index in [0.717, 1.165) is 13.0 Å². The van der Waals surface area contributed by atoms with E-state index in [1.54, 1.807) is 0 Å². The zero-order valence-electron chi connectivity index (χ0n) is 12.7. The zero-order valence-corrected chi connectivity index (χ0v) is 12.7. The maximum atomic E-state index is 12.8. The molecule has 0 aromatic heterocycles. The van der Waals surface area contributed by atoms with Crippen LogP contribution in [0.25, 0.3) is 0 Å². The number of nitrogens with zero attached hydrogens (tertiary/aromatic N) is 1. The fourth-order valence-corrected chi connectivity index (χ4v) is 3.15. The number of carbonyl (C=O) groups is 1. The van der Waals surface area contributed by atoms with Crippen molar-refractivity contribution in [3.05, 3.63) is 70.8 Å².